The van der Waals surface area contributed by atoms with Gasteiger partial charge in [0.2, 0.25) is 11.8 Å². The molecule has 0 fully saturated rings. The number of rotatable bonds is 9. The van der Waals surface area contributed by atoms with E-state index in [1.807, 2.05) is 6.92 Å². The molecule has 39 heavy (non-hydrogen) atoms. The zero-order valence-corrected chi connectivity index (χ0v) is 22.4. The number of phenols is 1. The highest BCUT2D eigenvalue weighted by Crippen LogP contribution is 2.42. The summed E-state index contributed by atoms with van der Waals surface area (Å²) in [4.78, 5) is 17.4. The third-order valence-corrected chi connectivity index (χ3v) is 6.64. The van der Waals surface area contributed by atoms with Crippen molar-refractivity contribution < 1.29 is 23.4 Å². The first-order valence-electron chi connectivity index (χ1n) is 12.9. The van der Waals surface area contributed by atoms with Crippen molar-refractivity contribution in [3.05, 3.63) is 100 Å². The average molecular weight is 534 g/mol. The molecule has 1 aromatic heterocycles. The van der Waals surface area contributed by atoms with Crippen molar-refractivity contribution >= 4 is 17.1 Å². The maximum Gasteiger partial charge on any atom is 0.245 e. The summed E-state index contributed by atoms with van der Waals surface area (Å²) in [5.41, 5.74) is 5.30. The largest absolute Gasteiger partial charge is 0.508 e. The molecule has 8 heteroatoms. The van der Waals surface area contributed by atoms with Gasteiger partial charge in [-0.2, -0.15) is 0 Å². The van der Waals surface area contributed by atoms with Crippen LogP contribution >= 0.6 is 0 Å². The lowest BCUT2D eigenvalue weighted by atomic mass is 9.87. The number of ether oxygens (including phenoxy) is 1. The summed E-state index contributed by atoms with van der Waals surface area (Å²) in [6, 6.07) is 11.0. The Morgan fingerprint density at radius 3 is 2.64 bits per heavy atom. The number of nitrogens with one attached hydrogen (secondary N) is 1. The smallest absolute Gasteiger partial charge is 0.245 e. The Kier molecular flexibility index (Phi) is 9.09. The Balaban J connectivity index is 1.59. The van der Waals surface area contributed by atoms with E-state index in [0.717, 1.165) is 40.7 Å². The number of aromatic nitrogens is 1. The van der Waals surface area contributed by atoms with Gasteiger partial charge in [0.1, 0.15) is 24.0 Å². The maximum atomic E-state index is 15.7. The number of hydrogen-bond acceptors (Lipinski definition) is 5. The lowest BCUT2D eigenvalue weighted by Gasteiger charge is -2.18. The monoisotopic (exact) mass is 533 g/mol. The standard InChI is InChI=1S/C31H33F2N3O3/c1-20-16-22(32)9-11-24(20)26-7-4-6-21-17-23(37)10-12-25(21)31(26)27-19-35-29(18-28(27)33)39-15-14-34-13-5-8-30(38)36(2)3/h5,8-12,16-19,34,37H,4,6-7,13-15H2,1-3H3/b8-5+. The average Bonchev–Trinajstić information content (AvgIpc) is 3.07. The van der Waals surface area contributed by atoms with Gasteiger partial charge in [-0.25, -0.2) is 13.8 Å². The van der Waals surface area contributed by atoms with Crippen LogP contribution in [0.25, 0.3) is 11.1 Å². The van der Waals surface area contributed by atoms with Crippen LogP contribution in [0, 0.1) is 18.6 Å². The fourth-order valence-electron chi connectivity index (χ4n) is 4.71. The highest BCUT2D eigenvalue weighted by Gasteiger charge is 2.24. The predicted molar refractivity (Wildman–Crippen MR) is 148 cm³/mol. The number of pyridine rings is 1. The van der Waals surface area contributed by atoms with Crippen molar-refractivity contribution in [2.45, 2.75) is 26.2 Å². The number of allylic oxidation sites excluding steroid dienone is 1. The summed E-state index contributed by atoms with van der Waals surface area (Å²) in [5, 5.41) is 13.2. The molecular weight excluding hydrogens is 500 g/mol. The molecule has 0 atom stereocenters. The van der Waals surface area contributed by atoms with Gasteiger partial charge in [0.15, 0.2) is 0 Å². The SMILES string of the molecule is Cc1cc(F)ccc1C1=C(c2cnc(OCCNC/C=C/C(=O)N(C)C)cc2F)c2ccc(O)cc2CCC1. The summed E-state index contributed by atoms with van der Waals surface area (Å²) in [6.07, 6.45) is 6.88. The first-order valence-corrected chi connectivity index (χ1v) is 12.9. The number of amides is 1. The van der Waals surface area contributed by atoms with Crippen LogP contribution in [0.3, 0.4) is 0 Å². The highest BCUT2D eigenvalue weighted by molar-refractivity contribution is 6.00. The highest BCUT2D eigenvalue weighted by atomic mass is 19.1. The molecule has 1 amide bonds. The van der Waals surface area contributed by atoms with Gasteiger partial charge in [-0.05, 0) is 83.9 Å². The van der Waals surface area contributed by atoms with Crippen LogP contribution in [0.2, 0.25) is 0 Å². The number of carbonyl (C=O) groups is 1. The normalized spacial score (nSPS) is 13.4. The van der Waals surface area contributed by atoms with Gasteiger partial charge in [0.05, 0.1) is 0 Å². The summed E-state index contributed by atoms with van der Waals surface area (Å²) in [6.45, 7) is 3.10. The van der Waals surface area contributed by atoms with Crippen LogP contribution in [-0.2, 0) is 11.2 Å². The van der Waals surface area contributed by atoms with Crippen LogP contribution in [-0.4, -0.2) is 54.7 Å². The lowest BCUT2D eigenvalue weighted by molar-refractivity contribution is -0.123. The van der Waals surface area contributed by atoms with Crippen LogP contribution in [0.15, 0.2) is 60.8 Å². The number of nitrogens with zero attached hydrogens (tertiary/aromatic N) is 2. The van der Waals surface area contributed by atoms with E-state index in [1.165, 1.54) is 35.4 Å². The number of phenolic OH excluding ortho intramolecular Hbond substituents is 1. The number of benzene rings is 2. The summed E-state index contributed by atoms with van der Waals surface area (Å²) >= 11 is 0. The Hall–Kier alpha value is -4.04. The van der Waals surface area contributed by atoms with E-state index in [2.05, 4.69) is 10.3 Å². The van der Waals surface area contributed by atoms with Gasteiger partial charge in [0.25, 0.3) is 0 Å². The Morgan fingerprint density at radius 1 is 1.10 bits per heavy atom. The van der Waals surface area contributed by atoms with Gasteiger partial charge in [-0.3, -0.25) is 4.79 Å². The molecule has 0 spiro atoms. The third-order valence-electron chi connectivity index (χ3n) is 6.64. The molecular formula is C31H33F2N3O3. The summed E-state index contributed by atoms with van der Waals surface area (Å²) in [5.74, 6) is -0.569. The minimum atomic E-state index is -0.480. The Labute approximate surface area is 227 Å². The maximum absolute atomic E-state index is 15.7. The molecule has 1 heterocycles. The quantitative estimate of drug-likeness (QED) is 0.289. The zero-order chi connectivity index (χ0) is 27.9. The predicted octanol–water partition coefficient (Wildman–Crippen LogP) is 5.28. The molecule has 4 rings (SSSR count). The molecule has 0 saturated carbocycles. The number of carbonyl (C=O) groups excluding carboxylic acids is 1. The van der Waals surface area contributed by atoms with Gasteiger partial charge in [-0.15, -0.1) is 0 Å². The Bertz CT molecular complexity index is 1420. The van der Waals surface area contributed by atoms with Crippen molar-refractivity contribution in [2.24, 2.45) is 0 Å². The number of aryl methyl sites for hydroxylation is 2. The van der Waals surface area contributed by atoms with E-state index < -0.39 is 5.82 Å². The van der Waals surface area contributed by atoms with E-state index >= 15 is 4.39 Å². The van der Waals surface area contributed by atoms with Crippen LogP contribution in [0.4, 0.5) is 8.78 Å². The molecule has 204 valence electrons. The third kappa shape index (κ3) is 6.89. The van der Waals surface area contributed by atoms with Crippen molar-refractivity contribution in [3.63, 3.8) is 0 Å². The minimum absolute atomic E-state index is 0.0891. The molecule has 6 nitrogen and oxygen atoms in total. The Morgan fingerprint density at radius 2 is 1.90 bits per heavy atom. The zero-order valence-electron chi connectivity index (χ0n) is 22.4. The fraction of sp³-hybridized carbons (Fsp3) is 0.290. The van der Waals surface area contributed by atoms with Crippen molar-refractivity contribution in [2.75, 3.05) is 33.8 Å². The molecule has 0 saturated heterocycles. The lowest BCUT2D eigenvalue weighted by Crippen LogP contribution is -2.22. The van der Waals surface area contributed by atoms with Gasteiger partial charge >= 0.3 is 0 Å². The first kappa shape index (κ1) is 28.0. The van der Waals surface area contributed by atoms with E-state index in [1.54, 1.807) is 44.4 Å². The second kappa shape index (κ2) is 12.7. The number of fused-ring (bicyclic) bond motifs is 1. The first-order chi connectivity index (χ1) is 18.7. The van der Waals surface area contributed by atoms with Gasteiger partial charge in [0, 0.05) is 51.1 Å². The molecule has 1 aliphatic rings. The molecule has 0 unspecified atom stereocenters. The molecule has 2 aromatic carbocycles. The number of hydrogen-bond donors (Lipinski definition) is 2. The fourth-order valence-corrected chi connectivity index (χ4v) is 4.71. The summed E-state index contributed by atoms with van der Waals surface area (Å²) in [7, 11) is 3.37. The molecule has 2 N–H and O–H groups in total. The van der Waals surface area contributed by atoms with E-state index in [0.29, 0.717) is 30.6 Å². The second-order valence-electron chi connectivity index (χ2n) is 9.70. The molecule has 0 radical (unpaired) electrons. The van der Waals surface area contributed by atoms with Crippen LogP contribution < -0.4 is 10.1 Å². The molecule has 1 aliphatic carbocycles. The van der Waals surface area contributed by atoms with E-state index in [9.17, 15) is 14.3 Å². The van der Waals surface area contributed by atoms with E-state index in [4.69, 9.17) is 4.74 Å². The van der Waals surface area contributed by atoms with Crippen LogP contribution in [0.5, 0.6) is 11.6 Å². The number of likely N-dealkylation sites (N-methyl/N-ethyl adjacent to an activating group) is 1. The van der Waals surface area contributed by atoms with E-state index in [-0.39, 0.29) is 30.0 Å². The molecule has 3 aromatic rings. The topological polar surface area (TPSA) is 74.7 Å². The van der Waals surface area contributed by atoms with Crippen LogP contribution in [0.1, 0.15) is 40.7 Å². The minimum Gasteiger partial charge on any atom is -0.508 e. The van der Waals surface area contributed by atoms with Crippen molar-refractivity contribution in [1.82, 2.24) is 15.2 Å². The number of aromatic hydroxyl groups is 1. The van der Waals surface area contributed by atoms with Crippen molar-refractivity contribution in [1.29, 1.82) is 0 Å². The van der Waals surface area contributed by atoms with Gasteiger partial charge in [-0.1, -0.05) is 18.2 Å². The molecule has 0 aliphatic heterocycles. The van der Waals surface area contributed by atoms with Crippen molar-refractivity contribution in [3.8, 4) is 11.6 Å². The second-order valence-corrected chi connectivity index (χ2v) is 9.70. The number of halogens is 2. The summed E-state index contributed by atoms with van der Waals surface area (Å²) < 4.78 is 35.2. The van der Waals surface area contributed by atoms with Gasteiger partial charge < -0.3 is 20.1 Å². The molecule has 0 bridgehead atoms.